The maximum absolute atomic E-state index is 5.84. The summed E-state index contributed by atoms with van der Waals surface area (Å²) >= 11 is 3.50. The van der Waals surface area contributed by atoms with Gasteiger partial charge < -0.3 is 10.6 Å². The summed E-state index contributed by atoms with van der Waals surface area (Å²) in [6, 6.07) is 16.9. The van der Waals surface area contributed by atoms with Gasteiger partial charge in [0.1, 0.15) is 0 Å². The van der Waals surface area contributed by atoms with Gasteiger partial charge in [0.05, 0.1) is 0 Å². The third-order valence-corrected chi connectivity index (χ3v) is 4.65. The Bertz CT molecular complexity index is 592. The average Bonchev–Trinajstić information content (AvgIpc) is 2.53. The highest BCUT2D eigenvalue weighted by Gasteiger charge is 2.17. The van der Waals surface area contributed by atoms with Gasteiger partial charge in [-0.1, -0.05) is 24.3 Å². The third kappa shape index (κ3) is 3.57. The topological polar surface area (TPSA) is 32.5 Å². The fourth-order valence-corrected chi connectivity index (χ4v) is 3.16. The molecule has 2 N–H and O–H groups in total. The van der Waals surface area contributed by atoms with Crippen LogP contribution in [0.3, 0.4) is 0 Å². The summed E-state index contributed by atoms with van der Waals surface area (Å²) in [7, 11) is 0. The second-order valence-corrected chi connectivity index (χ2v) is 6.31. The van der Waals surface area contributed by atoms with E-state index in [2.05, 4.69) is 68.2 Å². The quantitative estimate of drug-likeness (QED) is 0.865. The van der Waals surface area contributed by atoms with E-state index in [4.69, 9.17) is 5.73 Å². The molecule has 0 aromatic heterocycles. The van der Waals surface area contributed by atoms with Crippen molar-refractivity contribution < 1.29 is 0 Å². The molecule has 1 fully saturated rings. The van der Waals surface area contributed by atoms with Crippen LogP contribution in [0.25, 0.3) is 0 Å². The molecule has 0 aliphatic carbocycles. The Kier molecular flexibility index (Phi) is 4.46. The zero-order valence-corrected chi connectivity index (χ0v) is 13.6. The lowest BCUT2D eigenvalue weighted by Gasteiger charge is -2.36. The largest absolute Gasteiger partial charge is 0.398 e. The monoisotopic (exact) mass is 345 g/mol. The van der Waals surface area contributed by atoms with Gasteiger partial charge in [-0.25, -0.2) is 0 Å². The zero-order valence-electron chi connectivity index (χ0n) is 12.0. The molecule has 0 bridgehead atoms. The number of nitrogen functional groups attached to an aromatic ring is 1. The summed E-state index contributed by atoms with van der Waals surface area (Å²) in [6.07, 6.45) is 0. The molecule has 3 rings (SSSR count). The molecule has 0 atom stereocenters. The predicted molar refractivity (Wildman–Crippen MR) is 92.5 cm³/mol. The van der Waals surface area contributed by atoms with Crippen LogP contribution in [0.2, 0.25) is 0 Å². The Morgan fingerprint density at radius 1 is 0.952 bits per heavy atom. The predicted octanol–water partition coefficient (Wildman–Crippen LogP) is 3.35. The van der Waals surface area contributed by atoms with Crippen LogP contribution in [0.15, 0.2) is 53.0 Å². The van der Waals surface area contributed by atoms with E-state index >= 15 is 0 Å². The molecular formula is C17H20BrN3. The summed E-state index contributed by atoms with van der Waals surface area (Å²) < 4.78 is 0.989. The van der Waals surface area contributed by atoms with Gasteiger partial charge >= 0.3 is 0 Å². The minimum absolute atomic E-state index is 0.799. The fourth-order valence-electron chi connectivity index (χ4n) is 2.73. The molecule has 1 saturated heterocycles. The Morgan fingerprint density at radius 2 is 1.67 bits per heavy atom. The first-order valence-electron chi connectivity index (χ1n) is 7.28. The van der Waals surface area contributed by atoms with Gasteiger partial charge in [-0.3, -0.25) is 4.90 Å². The van der Waals surface area contributed by atoms with Crippen molar-refractivity contribution in [1.29, 1.82) is 0 Å². The van der Waals surface area contributed by atoms with Crippen molar-refractivity contribution in [3.8, 4) is 0 Å². The standard InChI is InChI=1S/C17H20BrN3/c18-16-12-14(6-7-17(16)19)13-20-8-10-21(11-9-20)15-4-2-1-3-5-15/h1-7,12H,8-11,13,19H2. The van der Waals surface area contributed by atoms with E-state index in [0.29, 0.717) is 0 Å². The van der Waals surface area contributed by atoms with E-state index < -0.39 is 0 Å². The van der Waals surface area contributed by atoms with Crippen molar-refractivity contribution in [1.82, 2.24) is 4.90 Å². The van der Waals surface area contributed by atoms with E-state index in [1.807, 2.05) is 6.07 Å². The lowest BCUT2D eigenvalue weighted by atomic mass is 10.1. The van der Waals surface area contributed by atoms with Crippen molar-refractivity contribution in [2.24, 2.45) is 0 Å². The number of anilines is 2. The molecule has 110 valence electrons. The minimum atomic E-state index is 0.799. The van der Waals surface area contributed by atoms with Crippen molar-refractivity contribution in [2.75, 3.05) is 36.8 Å². The molecule has 4 heteroatoms. The summed E-state index contributed by atoms with van der Waals surface area (Å²) in [5.41, 5.74) is 9.27. The van der Waals surface area contributed by atoms with Crippen LogP contribution in [0.1, 0.15) is 5.56 Å². The van der Waals surface area contributed by atoms with Gasteiger partial charge in [-0.05, 0) is 45.8 Å². The molecule has 0 spiro atoms. The number of para-hydroxylation sites is 1. The molecule has 1 heterocycles. The second kappa shape index (κ2) is 6.50. The Hall–Kier alpha value is -1.52. The molecule has 3 nitrogen and oxygen atoms in total. The van der Waals surface area contributed by atoms with Gasteiger partial charge in [-0.15, -0.1) is 0 Å². The number of hydrogen-bond acceptors (Lipinski definition) is 3. The fraction of sp³-hybridized carbons (Fsp3) is 0.294. The van der Waals surface area contributed by atoms with Gasteiger partial charge in [-0.2, -0.15) is 0 Å². The van der Waals surface area contributed by atoms with Crippen molar-refractivity contribution in [3.05, 3.63) is 58.6 Å². The van der Waals surface area contributed by atoms with E-state index in [1.165, 1.54) is 11.3 Å². The molecular weight excluding hydrogens is 326 g/mol. The molecule has 0 unspecified atom stereocenters. The van der Waals surface area contributed by atoms with Gasteiger partial charge in [0.15, 0.2) is 0 Å². The van der Waals surface area contributed by atoms with Crippen LogP contribution in [-0.2, 0) is 6.54 Å². The number of benzene rings is 2. The summed E-state index contributed by atoms with van der Waals surface area (Å²) in [5, 5.41) is 0. The first-order chi connectivity index (χ1) is 10.2. The Morgan fingerprint density at radius 3 is 2.33 bits per heavy atom. The molecule has 1 aliphatic rings. The molecule has 2 aromatic carbocycles. The molecule has 0 saturated carbocycles. The summed E-state index contributed by atoms with van der Waals surface area (Å²) in [5.74, 6) is 0. The number of rotatable bonds is 3. The SMILES string of the molecule is Nc1ccc(CN2CCN(c3ccccc3)CC2)cc1Br. The highest BCUT2D eigenvalue weighted by molar-refractivity contribution is 9.10. The molecule has 0 radical (unpaired) electrons. The number of nitrogens with zero attached hydrogens (tertiary/aromatic N) is 2. The zero-order chi connectivity index (χ0) is 14.7. The second-order valence-electron chi connectivity index (χ2n) is 5.45. The number of piperazine rings is 1. The molecule has 21 heavy (non-hydrogen) atoms. The van der Waals surface area contributed by atoms with Crippen molar-refractivity contribution in [3.63, 3.8) is 0 Å². The van der Waals surface area contributed by atoms with E-state index in [0.717, 1.165) is 42.9 Å². The lowest BCUT2D eigenvalue weighted by Crippen LogP contribution is -2.45. The van der Waals surface area contributed by atoms with Crippen LogP contribution in [0.5, 0.6) is 0 Å². The van der Waals surface area contributed by atoms with Crippen molar-refractivity contribution in [2.45, 2.75) is 6.54 Å². The average molecular weight is 346 g/mol. The van der Waals surface area contributed by atoms with Crippen LogP contribution in [0, 0.1) is 0 Å². The molecule has 0 amide bonds. The van der Waals surface area contributed by atoms with Gasteiger partial charge in [0, 0.05) is 48.6 Å². The number of nitrogens with two attached hydrogens (primary N) is 1. The first kappa shape index (κ1) is 14.4. The normalized spacial score (nSPS) is 16.1. The maximum Gasteiger partial charge on any atom is 0.0458 e. The number of halogens is 1. The van der Waals surface area contributed by atoms with Crippen molar-refractivity contribution >= 4 is 27.3 Å². The van der Waals surface area contributed by atoms with Gasteiger partial charge in [0.25, 0.3) is 0 Å². The van der Waals surface area contributed by atoms with E-state index in [9.17, 15) is 0 Å². The van der Waals surface area contributed by atoms with Gasteiger partial charge in [0.2, 0.25) is 0 Å². The highest BCUT2D eigenvalue weighted by Crippen LogP contribution is 2.22. The van der Waals surface area contributed by atoms with E-state index in [1.54, 1.807) is 0 Å². The lowest BCUT2D eigenvalue weighted by molar-refractivity contribution is 0.250. The van der Waals surface area contributed by atoms with Crippen LogP contribution in [-0.4, -0.2) is 31.1 Å². The summed E-state index contributed by atoms with van der Waals surface area (Å²) in [4.78, 5) is 4.95. The summed E-state index contributed by atoms with van der Waals surface area (Å²) in [6.45, 7) is 5.34. The van der Waals surface area contributed by atoms with Crippen LogP contribution < -0.4 is 10.6 Å². The number of hydrogen-bond donors (Lipinski definition) is 1. The first-order valence-corrected chi connectivity index (χ1v) is 8.08. The smallest absolute Gasteiger partial charge is 0.0458 e. The van der Waals surface area contributed by atoms with E-state index in [-0.39, 0.29) is 0 Å². The third-order valence-electron chi connectivity index (χ3n) is 3.96. The Labute approximate surface area is 134 Å². The molecule has 1 aliphatic heterocycles. The highest BCUT2D eigenvalue weighted by atomic mass is 79.9. The minimum Gasteiger partial charge on any atom is -0.398 e. The maximum atomic E-state index is 5.84. The van der Waals surface area contributed by atoms with Crippen LogP contribution >= 0.6 is 15.9 Å². The molecule has 2 aromatic rings. The Balaban J connectivity index is 1.57. The van der Waals surface area contributed by atoms with Crippen LogP contribution in [0.4, 0.5) is 11.4 Å².